The number of likely N-dealkylation sites (N-methyl/N-ethyl adjacent to an activating group) is 1. The van der Waals surface area contributed by atoms with Crippen LogP contribution in [0.3, 0.4) is 0 Å². The van der Waals surface area contributed by atoms with E-state index in [1.807, 2.05) is 0 Å². The number of phenols is 1. The molecule has 4 aliphatic rings. The number of aromatic hydroxyl groups is 1. The Labute approximate surface area is 225 Å². The number of hydrogen-bond donors (Lipinski definition) is 5. The summed E-state index contributed by atoms with van der Waals surface area (Å²) in [5.41, 5.74) is 2.08. The van der Waals surface area contributed by atoms with E-state index in [0.717, 1.165) is 32.4 Å². The first kappa shape index (κ1) is 27.0. The van der Waals surface area contributed by atoms with Crippen molar-refractivity contribution in [2.45, 2.75) is 43.7 Å². The maximum atomic E-state index is 13.8. The van der Waals surface area contributed by atoms with Crippen LogP contribution in [0.25, 0.3) is 0 Å². The van der Waals surface area contributed by atoms with Crippen LogP contribution >= 0.6 is 0 Å². The molecule has 0 unspecified atom stereocenters. The lowest BCUT2D eigenvalue weighted by Crippen LogP contribution is -2.63. The average Bonchev–Trinajstić information content (AvgIpc) is 2.86. The average molecular weight is 540 g/mol. The minimum Gasteiger partial charge on any atom is -0.510 e. The molecule has 39 heavy (non-hydrogen) atoms. The quantitative estimate of drug-likeness (QED) is 0.265. The fourth-order valence-corrected chi connectivity index (χ4v) is 6.92. The van der Waals surface area contributed by atoms with Crippen LogP contribution in [0, 0.1) is 11.8 Å². The number of ketones is 3. The molecule has 0 bridgehead atoms. The second-order valence-corrected chi connectivity index (χ2v) is 11.2. The van der Waals surface area contributed by atoms with Crippen LogP contribution in [0.15, 0.2) is 34.8 Å². The molecular weight excluding hydrogens is 506 g/mol. The third-order valence-corrected chi connectivity index (χ3v) is 8.72. The van der Waals surface area contributed by atoms with Crippen molar-refractivity contribution in [3.05, 3.63) is 51.5 Å². The Hall–Kier alpha value is -3.54. The van der Waals surface area contributed by atoms with Gasteiger partial charge in [0.2, 0.25) is 5.78 Å². The van der Waals surface area contributed by atoms with Crippen LogP contribution in [-0.4, -0.2) is 98.9 Å². The lowest BCUT2D eigenvalue weighted by atomic mass is 9.58. The number of aliphatic hydroxyl groups is 3. The number of nitrogens with zero attached hydrogens (tertiary/aromatic N) is 2. The number of nitrogens with two attached hydrogens (primary N) is 1. The van der Waals surface area contributed by atoms with Crippen molar-refractivity contribution in [3.63, 3.8) is 0 Å². The molecule has 6 N–H and O–H groups in total. The lowest BCUT2D eigenvalue weighted by molar-refractivity contribution is -0.148. The molecule has 0 saturated carbocycles. The molecule has 1 saturated heterocycles. The normalized spacial score (nSPS) is 29.3. The van der Waals surface area contributed by atoms with Gasteiger partial charge < -0.3 is 26.2 Å². The van der Waals surface area contributed by atoms with Crippen LogP contribution in [0.5, 0.6) is 5.75 Å². The molecule has 3 aliphatic carbocycles. The molecule has 0 radical (unpaired) electrons. The lowest BCUT2D eigenvalue weighted by Gasteiger charge is -2.50. The number of carbonyl (C=O) groups is 4. The van der Waals surface area contributed by atoms with Gasteiger partial charge in [-0.2, -0.15) is 0 Å². The van der Waals surface area contributed by atoms with Gasteiger partial charge in [0.15, 0.2) is 17.2 Å². The van der Waals surface area contributed by atoms with E-state index >= 15 is 0 Å². The molecule has 1 amide bonds. The van der Waals surface area contributed by atoms with Gasteiger partial charge in [-0.3, -0.25) is 29.0 Å². The van der Waals surface area contributed by atoms with Gasteiger partial charge >= 0.3 is 0 Å². The summed E-state index contributed by atoms with van der Waals surface area (Å²) < 4.78 is 0. The van der Waals surface area contributed by atoms with Crippen LogP contribution in [-0.2, 0) is 16.0 Å². The molecule has 1 aromatic rings. The van der Waals surface area contributed by atoms with Crippen molar-refractivity contribution >= 4 is 23.3 Å². The molecule has 0 spiro atoms. The molecule has 11 heteroatoms. The maximum absolute atomic E-state index is 13.8. The van der Waals surface area contributed by atoms with Gasteiger partial charge in [0.05, 0.1) is 18.2 Å². The molecule has 4 atom stereocenters. The van der Waals surface area contributed by atoms with E-state index in [4.69, 9.17) is 5.73 Å². The van der Waals surface area contributed by atoms with Gasteiger partial charge in [-0.25, -0.2) is 0 Å². The smallest absolute Gasteiger partial charge is 0.255 e. The number of aliphatic hydroxyl groups excluding tert-OH is 2. The number of hydrogen-bond acceptors (Lipinski definition) is 10. The van der Waals surface area contributed by atoms with E-state index in [9.17, 15) is 39.6 Å². The summed E-state index contributed by atoms with van der Waals surface area (Å²) >= 11 is 0. The first-order valence-corrected chi connectivity index (χ1v) is 13.1. The summed E-state index contributed by atoms with van der Waals surface area (Å²) in [6, 6.07) is 1.69. The first-order chi connectivity index (χ1) is 18.4. The predicted molar refractivity (Wildman–Crippen MR) is 138 cm³/mol. The molecule has 1 aliphatic heterocycles. The monoisotopic (exact) mass is 539 g/mol. The third kappa shape index (κ3) is 3.98. The van der Waals surface area contributed by atoms with Crippen molar-refractivity contribution < 1.29 is 39.6 Å². The van der Waals surface area contributed by atoms with Crippen LogP contribution in [0.1, 0.15) is 52.0 Å². The topological polar surface area (TPSA) is 182 Å². The van der Waals surface area contributed by atoms with Crippen molar-refractivity contribution in [2.75, 3.05) is 33.7 Å². The number of allylic oxidation sites excluding steroid dienone is 1. The highest BCUT2D eigenvalue weighted by Crippen LogP contribution is 2.52. The molecule has 11 nitrogen and oxygen atoms in total. The summed E-state index contributed by atoms with van der Waals surface area (Å²) in [6.07, 6.45) is 3.18. The summed E-state index contributed by atoms with van der Waals surface area (Å²) in [5.74, 6) is -7.31. The molecule has 5 rings (SSSR count). The minimum absolute atomic E-state index is 0.0266. The van der Waals surface area contributed by atoms with Crippen molar-refractivity contribution in [3.8, 4) is 5.75 Å². The minimum atomic E-state index is -2.69. The zero-order valence-electron chi connectivity index (χ0n) is 21.9. The van der Waals surface area contributed by atoms with Crippen molar-refractivity contribution in [1.29, 1.82) is 0 Å². The zero-order chi connectivity index (χ0) is 28.4. The Bertz CT molecular complexity index is 1360. The highest BCUT2D eigenvalue weighted by Gasteiger charge is 2.63. The SMILES string of the molecule is CN(C)[C@H]1C(O)=C(C(N)=O)C(=O)[C@@]2(O)C(O)=C3C(=O)c4c(O)ccc(C(=O)CN5CCCCC5)c4C[C@@H]3C[C@H]12. The van der Waals surface area contributed by atoms with Gasteiger partial charge in [-0.05, 0) is 76.5 Å². The zero-order valence-corrected chi connectivity index (χ0v) is 21.9. The van der Waals surface area contributed by atoms with Gasteiger partial charge in [-0.15, -0.1) is 0 Å². The highest BCUT2D eigenvalue weighted by atomic mass is 16.3. The van der Waals surface area contributed by atoms with Crippen LogP contribution < -0.4 is 5.73 Å². The van der Waals surface area contributed by atoms with Crippen LogP contribution in [0.2, 0.25) is 0 Å². The number of benzene rings is 1. The Kier molecular flexibility index (Phi) is 6.64. The number of likely N-dealkylation sites (tertiary alicyclic amines) is 1. The molecule has 0 aromatic heterocycles. The summed E-state index contributed by atoms with van der Waals surface area (Å²) in [5, 5.41) is 44.5. The molecule has 1 heterocycles. The van der Waals surface area contributed by atoms with E-state index in [-0.39, 0.29) is 42.1 Å². The third-order valence-electron chi connectivity index (χ3n) is 8.72. The molecule has 1 fully saturated rings. The van der Waals surface area contributed by atoms with E-state index in [1.54, 1.807) is 14.1 Å². The Morgan fingerprint density at radius 3 is 2.38 bits per heavy atom. The number of fused-ring (bicyclic) bond motifs is 3. The maximum Gasteiger partial charge on any atom is 0.255 e. The summed E-state index contributed by atoms with van der Waals surface area (Å²) in [6.45, 7) is 1.79. The van der Waals surface area contributed by atoms with Gasteiger partial charge in [0, 0.05) is 17.1 Å². The second-order valence-electron chi connectivity index (χ2n) is 11.2. The fourth-order valence-electron chi connectivity index (χ4n) is 6.92. The van der Waals surface area contributed by atoms with Crippen LogP contribution in [0.4, 0.5) is 0 Å². The van der Waals surface area contributed by atoms with Gasteiger partial charge in [0.1, 0.15) is 22.8 Å². The number of rotatable bonds is 5. The Balaban J connectivity index is 1.62. The van der Waals surface area contributed by atoms with Gasteiger partial charge in [0.25, 0.3) is 5.91 Å². The molecule has 208 valence electrons. The number of piperidine rings is 1. The van der Waals surface area contributed by atoms with E-state index in [1.165, 1.54) is 17.0 Å². The second kappa shape index (κ2) is 9.58. The van der Waals surface area contributed by atoms with E-state index in [0.29, 0.717) is 11.1 Å². The Morgan fingerprint density at radius 1 is 1.10 bits per heavy atom. The summed E-state index contributed by atoms with van der Waals surface area (Å²) in [4.78, 5) is 56.1. The molecule has 1 aromatic carbocycles. The molecular formula is C28H33N3O8. The number of amides is 1. The van der Waals surface area contributed by atoms with Gasteiger partial charge in [-0.1, -0.05) is 6.42 Å². The standard InChI is InChI=1S/C28H33N3O8/c1-30(2)22-16-11-13-10-15-14(18(33)12-31-8-4-3-5-9-31)6-7-17(32)20(15)23(34)19(13)25(36)28(16,39)26(37)21(24(22)35)27(29)38/h6-7,13,16,22,32,35-36,39H,3-5,8-12H2,1-2H3,(H2,29,38)/t13-,16-,22-,28+/m1/s1. The summed E-state index contributed by atoms with van der Waals surface area (Å²) in [7, 11) is 3.14. The largest absolute Gasteiger partial charge is 0.510 e. The van der Waals surface area contributed by atoms with Crippen molar-refractivity contribution in [2.24, 2.45) is 17.6 Å². The number of Topliss-reactive ketones (excluding diaryl/α,β-unsaturated/α-hetero) is 3. The number of phenolic OH excluding ortho intramolecular Hbond substituents is 1. The first-order valence-electron chi connectivity index (χ1n) is 13.1. The van der Waals surface area contributed by atoms with Crippen molar-refractivity contribution in [1.82, 2.24) is 9.80 Å². The Morgan fingerprint density at radius 2 is 1.77 bits per heavy atom. The number of primary amides is 1. The van der Waals surface area contributed by atoms with E-state index < -0.39 is 58.0 Å². The number of carbonyl (C=O) groups excluding carboxylic acids is 4. The predicted octanol–water partition coefficient (Wildman–Crippen LogP) is 0.789. The highest BCUT2D eigenvalue weighted by molar-refractivity contribution is 6.25. The fraction of sp³-hybridized carbons (Fsp3) is 0.500. The van der Waals surface area contributed by atoms with E-state index in [2.05, 4.69) is 4.90 Å².